The molecule has 3 aliphatic heterocycles. The van der Waals surface area contributed by atoms with Crippen molar-refractivity contribution in [3.05, 3.63) is 25.3 Å². The van der Waals surface area contributed by atoms with Crippen LogP contribution in [0.15, 0.2) is 25.3 Å². The minimum Gasteiger partial charge on any atom is -0.465 e. The number of allylic oxidation sites excluding steroid dienone is 1. The lowest BCUT2D eigenvalue weighted by molar-refractivity contribution is -0.154. The largest absolute Gasteiger partial charge is 0.465 e. The van der Waals surface area contributed by atoms with Gasteiger partial charge in [-0.25, -0.2) is 0 Å². The Balaban J connectivity index is 1.91. The Hall–Kier alpha value is -1.80. The lowest BCUT2D eigenvalue weighted by atomic mass is 9.71. The highest BCUT2D eigenvalue weighted by Gasteiger charge is 2.74. The molecule has 0 radical (unpaired) electrons. The fourth-order valence-corrected chi connectivity index (χ4v) is 7.60. The van der Waals surface area contributed by atoms with Crippen LogP contribution in [0, 0.1) is 11.8 Å². The minimum atomic E-state index is -0.687. The van der Waals surface area contributed by atoms with Crippen LogP contribution >= 0.6 is 11.8 Å². The first kappa shape index (κ1) is 23.9. The summed E-state index contributed by atoms with van der Waals surface area (Å²) in [4.78, 5) is 43.4. The Labute approximate surface area is 188 Å². The molecule has 5 atom stereocenters. The van der Waals surface area contributed by atoms with E-state index in [0.717, 1.165) is 12.8 Å². The molecule has 0 aromatic heterocycles. The first-order valence-corrected chi connectivity index (χ1v) is 12.0. The molecule has 2 amide bonds. The Morgan fingerprint density at radius 2 is 2.13 bits per heavy atom. The Kier molecular flexibility index (Phi) is 7.52. The molecule has 2 bridgehead atoms. The van der Waals surface area contributed by atoms with Crippen LogP contribution in [-0.4, -0.2) is 81.1 Å². The van der Waals surface area contributed by atoms with Gasteiger partial charge in [0.05, 0.1) is 29.8 Å². The van der Waals surface area contributed by atoms with Gasteiger partial charge in [0.1, 0.15) is 6.04 Å². The summed E-state index contributed by atoms with van der Waals surface area (Å²) < 4.78 is 4.87. The van der Waals surface area contributed by atoms with E-state index in [4.69, 9.17) is 4.74 Å². The molecule has 1 N–H and O–H groups in total. The number of β-amino-alcohol motifs (C(OH)–C–C–N with tert-alkyl or cyclic N) is 1. The number of rotatable bonds is 11. The van der Waals surface area contributed by atoms with Gasteiger partial charge >= 0.3 is 5.97 Å². The molecule has 8 heteroatoms. The molecule has 3 rings (SSSR count). The molecule has 3 aliphatic rings. The summed E-state index contributed by atoms with van der Waals surface area (Å²) in [7, 11) is 0. The Morgan fingerprint density at radius 3 is 2.74 bits per heavy atom. The van der Waals surface area contributed by atoms with E-state index in [-0.39, 0.29) is 42.2 Å². The number of carbonyl (C=O) groups is 3. The van der Waals surface area contributed by atoms with Crippen molar-refractivity contribution in [1.82, 2.24) is 9.80 Å². The summed E-state index contributed by atoms with van der Waals surface area (Å²) >= 11 is 1.61. The zero-order valence-electron chi connectivity index (χ0n) is 18.5. The number of hydrogen-bond acceptors (Lipinski definition) is 6. The van der Waals surface area contributed by atoms with Crippen molar-refractivity contribution in [3.8, 4) is 0 Å². The van der Waals surface area contributed by atoms with E-state index in [1.807, 2.05) is 13.8 Å². The second-order valence-corrected chi connectivity index (χ2v) is 10.4. The van der Waals surface area contributed by atoms with Gasteiger partial charge in [-0.2, -0.15) is 0 Å². The summed E-state index contributed by atoms with van der Waals surface area (Å²) in [6, 6.07) is -0.741. The molecule has 0 aromatic carbocycles. The predicted octanol–water partition coefficient (Wildman–Crippen LogP) is 2.00. The zero-order chi connectivity index (χ0) is 22.8. The zero-order valence-corrected chi connectivity index (χ0v) is 19.3. The number of hydrogen-bond donors (Lipinski definition) is 1. The lowest BCUT2D eigenvalue weighted by Crippen LogP contribution is -2.56. The minimum absolute atomic E-state index is 0.0145. The summed E-state index contributed by atoms with van der Waals surface area (Å²) in [6.45, 7) is 11.9. The normalized spacial score (nSPS) is 31.1. The maximum atomic E-state index is 13.7. The first-order valence-electron chi connectivity index (χ1n) is 11.1. The number of thioether (sulfide) groups is 1. The second-order valence-electron chi connectivity index (χ2n) is 8.78. The number of amides is 2. The third-order valence-corrected chi connectivity index (χ3v) is 8.63. The second kappa shape index (κ2) is 9.77. The molecule has 31 heavy (non-hydrogen) atoms. The molecule has 7 nitrogen and oxygen atoms in total. The number of ether oxygens (including phenoxy) is 1. The molecular weight excluding hydrogens is 416 g/mol. The van der Waals surface area contributed by atoms with E-state index < -0.39 is 22.6 Å². The van der Waals surface area contributed by atoms with Crippen LogP contribution in [0.1, 0.15) is 39.5 Å². The van der Waals surface area contributed by atoms with Gasteiger partial charge in [0.2, 0.25) is 11.8 Å². The molecule has 0 aromatic rings. The predicted molar refractivity (Wildman–Crippen MR) is 120 cm³/mol. The fraction of sp³-hybridized carbons (Fsp3) is 0.696. The van der Waals surface area contributed by atoms with Crippen molar-refractivity contribution in [3.63, 3.8) is 0 Å². The van der Waals surface area contributed by atoms with Gasteiger partial charge in [-0.05, 0) is 39.5 Å². The summed E-state index contributed by atoms with van der Waals surface area (Å²) in [5, 5.41) is 9.61. The van der Waals surface area contributed by atoms with E-state index >= 15 is 0 Å². The molecule has 3 saturated heterocycles. The van der Waals surface area contributed by atoms with Gasteiger partial charge < -0.3 is 19.6 Å². The number of unbranched alkanes of at least 4 members (excludes halogenated alkanes) is 1. The number of likely N-dealkylation sites (tertiary alicyclic amines) is 1. The van der Waals surface area contributed by atoms with Crippen molar-refractivity contribution in [2.45, 2.75) is 61.6 Å². The topological polar surface area (TPSA) is 87.1 Å². The molecule has 3 fully saturated rings. The van der Waals surface area contributed by atoms with Crippen LogP contribution in [0.5, 0.6) is 0 Å². The highest BCUT2D eigenvalue weighted by molar-refractivity contribution is 8.02. The van der Waals surface area contributed by atoms with E-state index in [1.54, 1.807) is 28.8 Å². The molecule has 3 heterocycles. The van der Waals surface area contributed by atoms with Crippen molar-refractivity contribution in [1.29, 1.82) is 0 Å². The number of fused-ring (bicyclic) bond motifs is 1. The van der Waals surface area contributed by atoms with Crippen LogP contribution in [-0.2, 0) is 19.1 Å². The summed E-state index contributed by atoms with van der Waals surface area (Å²) in [5.74, 6) is -1.81. The molecular formula is C23H34N2O5S. The summed E-state index contributed by atoms with van der Waals surface area (Å²) in [5.41, 5.74) is 0. The van der Waals surface area contributed by atoms with E-state index in [1.165, 1.54) is 4.90 Å². The lowest BCUT2D eigenvalue weighted by Gasteiger charge is -2.38. The van der Waals surface area contributed by atoms with E-state index in [2.05, 4.69) is 13.2 Å². The summed E-state index contributed by atoms with van der Waals surface area (Å²) in [6.07, 6.45) is 6.41. The quantitative estimate of drug-likeness (QED) is 0.294. The highest BCUT2D eigenvalue weighted by atomic mass is 32.2. The number of aliphatic hydroxyl groups excluding tert-OH is 1. The average molecular weight is 451 g/mol. The highest BCUT2D eigenvalue weighted by Crippen LogP contribution is 2.66. The van der Waals surface area contributed by atoms with Gasteiger partial charge in [0.15, 0.2) is 0 Å². The Morgan fingerprint density at radius 1 is 1.39 bits per heavy atom. The van der Waals surface area contributed by atoms with Gasteiger partial charge in [0, 0.05) is 24.4 Å². The first-order chi connectivity index (χ1) is 14.8. The van der Waals surface area contributed by atoms with Crippen LogP contribution < -0.4 is 0 Å². The third-order valence-electron chi connectivity index (χ3n) is 6.68. The van der Waals surface area contributed by atoms with E-state index in [0.29, 0.717) is 26.0 Å². The fourth-order valence-electron chi connectivity index (χ4n) is 5.40. The van der Waals surface area contributed by atoms with Gasteiger partial charge in [-0.15, -0.1) is 24.9 Å². The maximum absolute atomic E-state index is 13.7. The monoisotopic (exact) mass is 450 g/mol. The number of carbonyl (C=O) groups excluding carboxylic acids is 3. The standard InChI is InChI=1S/C23H34N2O5S/c1-5-7-8-14-30-22(29)17-16-9-10-23(31-16)18(17)20(27)25(12-13-26)19(23)21(28)24(11-6-2)15(3)4/h5-6,15-19,26H,1-2,7-14H2,3-4H3/t16-,17+,18+,19?,23?/m1/s1. The average Bonchev–Trinajstić information content (AvgIpc) is 3.37. The van der Waals surface area contributed by atoms with Gasteiger partial charge in [-0.1, -0.05) is 12.2 Å². The SMILES string of the molecule is C=CCCCOC(=O)[C@@H]1[C@H]2C(=O)N(CCO)C(C(=O)N(CC=C)C(C)C)C23CC[C@H]1S3. The van der Waals surface area contributed by atoms with Gasteiger partial charge in [-0.3, -0.25) is 14.4 Å². The van der Waals surface area contributed by atoms with Crippen LogP contribution in [0.4, 0.5) is 0 Å². The van der Waals surface area contributed by atoms with Crippen molar-refractivity contribution in [2.75, 3.05) is 26.3 Å². The third kappa shape index (κ3) is 4.04. The van der Waals surface area contributed by atoms with Crippen LogP contribution in [0.25, 0.3) is 0 Å². The van der Waals surface area contributed by atoms with Crippen molar-refractivity contribution in [2.24, 2.45) is 11.8 Å². The number of esters is 1. The Bertz CT molecular complexity index is 741. The van der Waals surface area contributed by atoms with Crippen LogP contribution in [0.2, 0.25) is 0 Å². The molecule has 172 valence electrons. The van der Waals surface area contributed by atoms with Crippen molar-refractivity contribution < 1.29 is 24.2 Å². The number of nitrogens with zero attached hydrogens (tertiary/aromatic N) is 2. The smallest absolute Gasteiger partial charge is 0.310 e. The number of aliphatic hydroxyl groups is 1. The molecule has 0 aliphatic carbocycles. The van der Waals surface area contributed by atoms with Crippen LogP contribution in [0.3, 0.4) is 0 Å². The molecule has 2 unspecified atom stereocenters. The van der Waals surface area contributed by atoms with Crippen molar-refractivity contribution >= 4 is 29.5 Å². The molecule has 0 saturated carbocycles. The molecule has 1 spiro atoms. The van der Waals surface area contributed by atoms with E-state index in [9.17, 15) is 19.5 Å². The van der Waals surface area contributed by atoms with Gasteiger partial charge in [0.25, 0.3) is 0 Å². The maximum Gasteiger partial charge on any atom is 0.310 e.